The fraction of sp³-hybridized carbons (Fsp3) is 0.419. The molecule has 0 spiro atoms. The van der Waals surface area contributed by atoms with Crippen molar-refractivity contribution in [1.29, 1.82) is 0 Å². The number of halogens is 1. The highest BCUT2D eigenvalue weighted by Gasteiger charge is 2.23. The van der Waals surface area contributed by atoms with Crippen molar-refractivity contribution < 1.29 is 28.2 Å². The molecule has 1 saturated carbocycles. The molecular formula is C31H38ClN3O6S. The number of sulfonamides is 1. The molecular weight excluding hydrogens is 578 g/mol. The van der Waals surface area contributed by atoms with Crippen molar-refractivity contribution in [2.75, 3.05) is 25.4 Å². The highest BCUT2D eigenvalue weighted by atomic mass is 35.5. The number of rotatable bonds is 14. The Bertz CT molecular complexity index is 1410. The summed E-state index contributed by atoms with van der Waals surface area (Å²) in [5.41, 5.74) is 3.78. The third-order valence-electron chi connectivity index (χ3n) is 7.24. The number of amides is 1. The molecule has 42 heavy (non-hydrogen) atoms. The quantitative estimate of drug-likeness (QED) is 0.154. The lowest BCUT2D eigenvalue weighted by atomic mass is 9.97. The highest BCUT2D eigenvalue weighted by molar-refractivity contribution is 7.90. The van der Waals surface area contributed by atoms with Crippen molar-refractivity contribution in [2.45, 2.75) is 57.2 Å². The molecule has 0 radical (unpaired) electrons. The monoisotopic (exact) mass is 615 g/mol. The number of hydrogen-bond acceptors (Lipinski definition) is 8. The first-order valence-electron chi connectivity index (χ1n) is 14.3. The van der Waals surface area contributed by atoms with Crippen LogP contribution in [0.25, 0.3) is 11.1 Å². The fourth-order valence-corrected chi connectivity index (χ4v) is 6.00. The lowest BCUT2D eigenvalue weighted by Crippen LogP contribution is -2.33. The van der Waals surface area contributed by atoms with Crippen LogP contribution in [0.2, 0.25) is 5.15 Å². The van der Waals surface area contributed by atoms with Gasteiger partial charge < -0.3 is 20.3 Å². The maximum atomic E-state index is 13.0. The minimum atomic E-state index is -3.88. The molecule has 0 saturated heterocycles. The van der Waals surface area contributed by atoms with Gasteiger partial charge in [-0.25, -0.2) is 18.1 Å². The number of aromatic nitrogens is 1. The molecule has 1 aliphatic carbocycles. The number of carbonyl (C=O) groups excluding carboxylic acids is 1. The number of nitrogens with one attached hydrogen (secondary N) is 2. The van der Waals surface area contributed by atoms with E-state index in [0.717, 1.165) is 55.2 Å². The van der Waals surface area contributed by atoms with Crippen molar-refractivity contribution in [3.63, 3.8) is 0 Å². The molecule has 0 aliphatic heterocycles. The SMILES string of the molecule is O=C(NS(=O)(=O)CCCO)c1ccc(-c2ccc(CCNC[C@@H](O)c3ccc(Cl)nc3)cc2)cc1OC1CCCCC1. The zero-order chi connectivity index (χ0) is 30.0. The Morgan fingerprint density at radius 1 is 1.05 bits per heavy atom. The average molecular weight is 616 g/mol. The number of ether oxygens (including phenoxy) is 1. The first-order valence-corrected chi connectivity index (χ1v) is 16.3. The molecule has 4 rings (SSSR count). The zero-order valence-electron chi connectivity index (χ0n) is 23.5. The van der Waals surface area contributed by atoms with E-state index < -0.39 is 22.0 Å². The van der Waals surface area contributed by atoms with Crippen LogP contribution in [0.1, 0.15) is 66.1 Å². The maximum absolute atomic E-state index is 13.0. The molecule has 11 heteroatoms. The molecule has 9 nitrogen and oxygen atoms in total. The molecule has 1 amide bonds. The Morgan fingerprint density at radius 2 is 1.79 bits per heavy atom. The minimum Gasteiger partial charge on any atom is -0.490 e. The number of hydrogen-bond donors (Lipinski definition) is 4. The van der Waals surface area contributed by atoms with Gasteiger partial charge in [0.2, 0.25) is 10.0 Å². The van der Waals surface area contributed by atoms with E-state index in [1.165, 1.54) is 0 Å². The van der Waals surface area contributed by atoms with Crippen LogP contribution in [-0.4, -0.2) is 61.1 Å². The number of carbonyl (C=O) groups is 1. The third kappa shape index (κ3) is 9.50. The molecule has 1 aromatic heterocycles. The van der Waals surface area contributed by atoms with Gasteiger partial charge in [0, 0.05) is 24.9 Å². The van der Waals surface area contributed by atoms with E-state index in [1.807, 2.05) is 24.3 Å². The van der Waals surface area contributed by atoms with Crippen LogP contribution in [0.4, 0.5) is 0 Å². The first kappa shape index (κ1) is 31.9. The van der Waals surface area contributed by atoms with Gasteiger partial charge in [-0.2, -0.15) is 0 Å². The van der Waals surface area contributed by atoms with Gasteiger partial charge in [-0.1, -0.05) is 54.4 Å². The van der Waals surface area contributed by atoms with Crippen LogP contribution in [-0.2, 0) is 16.4 Å². The number of pyridine rings is 1. The summed E-state index contributed by atoms with van der Waals surface area (Å²) in [6.07, 6.45) is 6.70. The van der Waals surface area contributed by atoms with Crippen LogP contribution >= 0.6 is 11.6 Å². The molecule has 4 N–H and O–H groups in total. The van der Waals surface area contributed by atoms with Gasteiger partial charge in [0.15, 0.2) is 0 Å². The van der Waals surface area contributed by atoms with E-state index in [9.17, 15) is 18.3 Å². The lowest BCUT2D eigenvalue weighted by molar-refractivity contribution is 0.0969. The average Bonchev–Trinajstić information content (AvgIpc) is 2.99. The molecule has 0 unspecified atom stereocenters. The standard InChI is InChI=1S/C31H38ClN3O6S/c32-30-14-12-25(20-34-30)28(37)21-33-16-15-22-7-9-23(10-8-22)24-11-13-27(31(38)35-42(39,40)18-4-17-36)29(19-24)41-26-5-2-1-3-6-26/h7-14,19-20,26,28,33,36-37H,1-6,15-18,21H2,(H,35,38)/t28-/m1/s1. The van der Waals surface area contributed by atoms with Crippen molar-refractivity contribution >= 4 is 27.5 Å². The summed E-state index contributed by atoms with van der Waals surface area (Å²) in [5, 5.41) is 22.9. The molecule has 2 aromatic carbocycles. The van der Waals surface area contributed by atoms with E-state index in [4.69, 9.17) is 21.4 Å². The summed E-state index contributed by atoms with van der Waals surface area (Å²) < 4.78 is 33.0. The molecule has 1 aliphatic rings. The van der Waals surface area contributed by atoms with Gasteiger partial charge in [0.05, 0.1) is 23.5 Å². The summed E-state index contributed by atoms with van der Waals surface area (Å²) >= 11 is 5.81. The Kier molecular flexibility index (Phi) is 11.7. The molecule has 3 aromatic rings. The first-order chi connectivity index (χ1) is 20.2. The van der Waals surface area contributed by atoms with E-state index >= 15 is 0 Å². The largest absolute Gasteiger partial charge is 0.490 e. The Morgan fingerprint density at radius 3 is 2.48 bits per heavy atom. The van der Waals surface area contributed by atoms with Crippen LogP contribution in [0, 0.1) is 0 Å². The fourth-order valence-electron chi connectivity index (χ4n) is 4.89. The van der Waals surface area contributed by atoms with Crippen LogP contribution < -0.4 is 14.8 Å². The summed E-state index contributed by atoms with van der Waals surface area (Å²) in [5.74, 6) is -0.725. The number of aliphatic hydroxyl groups excluding tert-OH is 2. The number of aliphatic hydroxyl groups is 2. The number of benzene rings is 2. The smallest absolute Gasteiger partial charge is 0.268 e. The molecule has 226 valence electrons. The predicted molar refractivity (Wildman–Crippen MR) is 163 cm³/mol. The molecule has 1 fully saturated rings. The second kappa shape index (κ2) is 15.5. The molecule has 1 atom stereocenters. The maximum Gasteiger partial charge on any atom is 0.268 e. The lowest BCUT2D eigenvalue weighted by Gasteiger charge is -2.24. The normalized spacial score (nSPS) is 14.8. The van der Waals surface area contributed by atoms with Crippen LogP contribution in [0.5, 0.6) is 5.75 Å². The molecule has 1 heterocycles. The Balaban J connectivity index is 1.41. The summed E-state index contributed by atoms with van der Waals surface area (Å²) in [6, 6.07) is 16.7. The van der Waals surface area contributed by atoms with E-state index in [2.05, 4.69) is 15.0 Å². The summed E-state index contributed by atoms with van der Waals surface area (Å²) in [7, 11) is -3.88. The summed E-state index contributed by atoms with van der Waals surface area (Å²) in [4.78, 5) is 17.0. The summed E-state index contributed by atoms with van der Waals surface area (Å²) in [6.45, 7) is 0.802. The van der Waals surface area contributed by atoms with Crippen molar-refractivity contribution in [2.24, 2.45) is 0 Å². The zero-order valence-corrected chi connectivity index (χ0v) is 25.0. The number of nitrogens with zero attached hydrogens (tertiary/aromatic N) is 1. The van der Waals surface area contributed by atoms with Gasteiger partial charge in [0.25, 0.3) is 5.91 Å². The Hall–Kier alpha value is -3.02. The van der Waals surface area contributed by atoms with Gasteiger partial charge >= 0.3 is 0 Å². The van der Waals surface area contributed by atoms with Crippen LogP contribution in [0.3, 0.4) is 0 Å². The molecule has 0 bridgehead atoms. The second-order valence-corrected chi connectivity index (χ2v) is 12.7. The topological polar surface area (TPSA) is 138 Å². The van der Waals surface area contributed by atoms with Gasteiger partial charge in [-0.05, 0) is 80.0 Å². The van der Waals surface area contributed by atoms with Gasteiger partial charge in [-0.15, -0.1) is 0 Å². The van der Waals surface area contributed by atoms with Crippen molar-refractivity contribution in [3.8, 4) is 16.9 Å². The highest BCUT2D eigenvalue weighted by Crippen LogP contribution is 2.31. The van der Waals surface area contributed by atoms with E-state index in [1.54, 1.807) is 36.5 Å². The van der Waals surface area contributed by atoms with Crippen molar-refractivity contribution in [3.05, 3.63) is 82.6 Å². The van der Waals surface area contributed by atoms with Crippen molar-refractivity contribution in [1.82, 2.24) is 15.0 Å². The predicted octanol–water partition coefficient (Wildman–Crippen LogP) is 4.42. The van der Waals surface area contributed by atoms with Gasteiger partial charge in [-0.3, -0.25) is 4.79 Å². The minimum absolute atomic E-state index is 0.0316. The third-order valence-corrected chi connectivity index (χ3v) is 8.79. The Labute approximate surface area is 252 Å². The second-order valence-electron chi connectivity index (χ2n) is 10.5. The van der Waals surface area contributed by atoms with E-state index in [0.29, 0.717) is 29.6 Å². The van der Waals surface area contributed by atoms with E-state index in [-0.39, 0.29) is 30.4 Å². The van der Waals surface area contributed by atoms with Gasteiger partial charge in [0.1, 0.15) is 10.9 Å². The van der Waals surface area contributed by atoms with Crippen LogP contribution in [0.15, 0.2) is 60.8 Å².